The number of halogens is 4. The van der Waals surface area contributed by atoms with Crippen molar-refractivity contribution in [1.82, 2.24) is 19.6 Å². The van der Waals surface area contributed by atoms with Crippen LogP contribution < -0.4 is 0 Å². The second-order valence-electron chi connectivity index (χ2n) is 20.0. The van der Waals surface area contributed by atoms with Gasteiger partial charge in [0.1, 0.15) is 0 Å². The maximum atomic E-state index is 14.7. The van der Waals surface area contributed by atoms with Crippen LogP contribution >= 0.6 is 46.4 Å². The normalized spacial score (nSPS) is 16.9. The summed E-state index contributed by atoms with van der Waals surface area (Å²) in [4.78, 5) is 121. The number of hydrogen-bond acceptors (Lipinski definition) is 8. The molecule has 0 aromatic heterocycles. The molecule has 0 aliphatic carbocycles. The van der Waals surface area contributed by atoms with Crippen molar-refractivity contribution in [3.8, 4) is 0 Å². The van der Waals surface area contributed by atoms with Crippen LogP contribution in [-0.2, 0) is 37.0 Å². The molecule has 15 heterocycles. The molecule has 15 aliphatic heterocycles. The highest BCUT2D eigenvalue weighted by Crippen LogP contribution is 2.47. The van der Waals surface area contributed by atoms with E-state index in [9.17, 15) is 38.4 Å². The van der Waals surface area contributed by atoms with Crippen LogP contribution in [0.25, 0.3) is 21.5 Å². The molecular formula is C52H36Cl4N4O8. The molecule has 0 spiro atoms. The van der Waals surface area contributed by atoms with E-state index in [1.807, 2.05) is 65.8 Å². The third-order valence-electron chi connectivity index (χ3n) is 13.6. The maximum Gasteiger partial charge on any atom is 0.263 e. The van der Waals surface area contributed by atoms with Crippen molar-refractivity contribution < 1.29 is 38.4 Å². The van der Waals surface area contributed by atoms with Crippen LogP contribution in [0.4, 0.5) is 0 Å². The van der Waals surface area contributed by atoms with Gasteiger partial charge in [0.15, 0.2) is 0 Å². The molecule has 20 bridgehead atoms. The summed E-state index contributed by atoms with van der Waals surface area (Å²) in [6, 6.07) is 15.9. The van der Waals surface area contributed by atoms with Crippen LogP contribution in [0.15, 0.2) is 60.7 Å². The second kappa shape index (κ2) is 14.5. The first-order valence-electron chi connectivity index (χ1n) is 21.6. The number of hydrogen-bond donors (Lipinski definition) is 0. The van der Waals surface area contributed by atoms with E-state index in [0.717, 1.165) is 30.7 Å². The SMILES string of the molecule is CC(C)(C)c1cc2cc(c1)CN1C(=O)c3cc(Cl)c4c5c(cc(Cl)c(c35)C1=O)C(=O)N(Cc1cc(cc(C(C)(C)C)c1)CN1C(=O)c3cc(Cl)c5c6c(cc(Cl)c(c36)C1=O)C(=O)N(C2)C5=O)C4=O. The molecule has 0 N–H and O–H groups in total. The molecule has 68 heavy (non-hydrogen) atoms. The molecule has 0 atom stereocenters. The lowest BCUT2D eigenvalue weighted by Crippen LogP contribution is -2.43. The molecule has 6 aromatic rings. The van der Waals surface area contributed by atoms with Crippen LogP contribution in [0.5, 0.6) is 0 Å². The van der Waals surface area contributed by atoms with Crippen LogP contribution in [0.2, 0.25) is 20.1 Å². The minimum Gasteiger partial charge on any atom is -0.270 e. The third kappa shape index (κ3) is 6.20. The first kappa shape index (κ1) is 44.1. The van der Waals surface area contributed by atoms with E-state index in [4.69, 9.17) is 46.4 Å². The quantitative estimate of drug-likeness (QED) is 0.137. The Bertz CT molecular complexity index is 3120. The van der Waals surface area contributed by atoms with Gasteiger partial charge in [-0.1, -0.05) is 124 Å². The van der Waals surface area contributed by atoms with Crippen LogP contribution in [0.1, 0.15) is 158 Å². The molecule has 340 valence electrons. The fraction of sp³-hybridized carbons (Fsp3) is 0.231. The second-order valence-corrected chi connectivity index (χ2v) is 21.6. The predicted molar refractivity (Wildman–Crippen MR) is 255 cm³/mol. The molecule has 0 radical (unpaired) electrons. The highest BCUT2D eigenvalue weighted by atomic mass is 35.5. The van der Waals surface area contributed by atoms with Crippen molar-refractivity contribution in [2.75, 3.05) is 0 Å². The standard InChI is InChI=1S/C52H36Cl4N4O8/c1-51(2,3)25-9-21-7-22(10-25)18-58-44(62)28-14-34(56)42-38-30(16-32(54)40(36(28)38)48(58)66)46(64)60(50(42)68)20-24-8-23(11-26(12-24)52(4,5)6)19-59-45(63)29-15-31(53)39-35-27(43(61)57(17-21)47(39)65)13-33(55)41(37(29)35)49(59)67/h7-16H,17-20H2,1-6H3. The number of carbonyl (C=O) groups excluding carboxylic acids is 8. The molecular weight excluding hydrogens is 950 g/mol. The van der Waals surface area contributed by atoms with E-state index in [1.54, 1.807) is 12.1 Å². The Labute approximate surface area is 408 Å². The highest BCUT2D eigenvalue weighted by Gasteiger charge is 2.45. The number of rotatable bonds is 0. The summed E-state index contributed by atoms with van der Waals surface area (Å²) in [5.74, 6) is -6.06. The van der Waals surface area contributed by atoms with Crippen molar-refractivity contribution in [3.05, 3.63) is 159 Å². The van der Waals surface area contributed by atoms with Gasteiger partial charge in [-0.2, -0.15) is 0 Å². The van der Waals surface area contributed by atoms with Gasteiger partial charge in [-0.3, -0.25) is 58.0 Å². The van der Waals surface area contributed by atoms with Crippen molar-refractivity contribution >= 4 is 115 Å². The average Bonchev–Trinajstić information content (AvgIpc) is 3.26. The molecule has 6 aromatic carbocycles. The summed E-state index contributed by atoms with van der Waals surface area (Å²) in [7, 11) is 0. The molecule has 21 rings (SSSR count). The van der Waals surface area contributed by atoms with Gasteiger partial charge in [0.25, 0.3) is 47.3 Å². The van der Waals surface area contributed by atoms with Crippen molar-refractivity contribution in [2.24, 2.45) is 0 Å². The van der Waals surface area contributed by atoms with Gasteiger partial charge < -0.3 is 0 Å². The van der Waals surface area contributed by atoms with Crippen LogP contribution in [-0.4, -0.2) is 66.9 Å². The van der Waals surface area contributed by atoms with Gasteiger partial charge in [0.2, 0.25) is 0 Å². The molecule has 0 saturated carbocycles. The zero-order valence-electron chi connectivity index (χ0n) is 37.2. The minimum atomic E-state index is -0.769. The van der Waals surface area contributed by atoms with Gasteiger partial charge in [-0.25, -0.2) is 0 Å². The summed E-state index contributed by atoms with van der Waals surface area (Å²) in [5, 5.41) is -0.358. The Morgan fingerprint density at radius 2 is 0.529 bits per heavy atom. The molecule has 16 heteroatoms. The fourth-order valence-electron chi connectivity index (χ4n) is 10.2. The molecule has 12 nitrogen and oxygen atoms in total. The zero-order valence-corrected chi connectivity index (χ0v) is 40.2. The molecule has 0 unspecified atom stereocenters. The van der Waals surface area contributed by atoms with E-state index in [1.165, 1.54) is 24.3 Å². The van der Waals surface area contributed by atoms with E-state index >= 15 is 0 Å². The summed E-state index contributed by atoms with van der Waals surface area (Å²) in [5.41, 5.74) is 1.83. The third-order valence-corrected chi connectivity index (χ3v) is 14.7. The first-order chi connectivity index (χ1) is 31.9. The topological polar surface area (TPSA) is 150 Å². The lowest BCUT2D eigenvalue weighted by molar-refractivity contribution is 0.0574. The Morgan fingerprint density at radius 1 is 0.324 bits per heavy atom. The minimum absolute atomic E-state index is 0.0350. The summed E-state index contributed by atoms with van der Waals surface area (Å²) in [6.45, 7) is 10.6. The number of imide groups is 4. The Balaban J connectivity index is 1.15. The fourth-order valence-corrected chi connectivity index (χ4v) is 11.3. The maximum absolute atomic E-state index is 14.7. The summed E-state index contributed by atoms with van der Waals surface area (Å²) in [6.07, 6.45) is 0. The summed E-state index contributed by atoms with van der Waals surface area (Å²) >= 11 is 27.8. The van der Waals surface area contributed by atoms with Gasteiger partial charge >= 0.3 is 0 Å². The summed E-state index contributed by atoms with van der Waals surface area (Å²) < 4.78 is 0. The molecule has 0 fully saturated rings. The number of carbonyl (C=O) groups is 8. The smallest absolute Gasteiger partial charge is 0.263 e. The van der Waals surface area contributed by atoms with Crippen molar-refractivity contribution in [2.45, 2.75) is 78.6 Å². The lowest BCUT2D eigenvalue weighted by Gasteiger charge is -2.34. The monoisotopic (exact) mass is 984 g/mol. The number of amides is 8. The van der Waals surface area contributed by atoms with Gasteiger partial charge in [-0.15, -0.1) is 0 Å². The molecule has 8 amide bonds. The highest BCUT2D eigenvalue weighted by molar-refractivity contribution is 6.46. The van der Waals surface area contributed by atoms with E-state index in [2.05, 4.69) is 0 Å². The predicted octanol–water partition coefficient (Wildman–Crippen LogP) is 10.7. The van der Waals surface area contributed by atoms with Crippen LogP contribution in [0, 0.1) is 0 Å². The number of nitrogens with zero attached hydrogens (tertiary/aromatic N) is 4. The largest absolute Gasteiger partial charge is 0.270 e. The number of benzene rings is 6. The molecule has 15 aliphatic rings. The van der Waals surface area contributed by atoms with Crippen molar-refractivity contribution in [3.63, 3.8) is 0 Å². The van der Waals surface area contributed by atoms with Gasteiger partial charge in [-0.05, 0) is 68.5 Å². The van der Waals surface area contributed by atoms with Gasteiger partial charge in [0.05, 0.1) is 90.8 Å². The molecule has 0 saturated heterocycles. The average molecular weight is 987 g/mol. The van der Waals surface area contributed by atoms with Crippen LogP contribution in [0.3, 0.4) is 0 Å². The van der Waals surface area contributed by atoms with E-state index in [-0.39, 0.29) is 112 Å². The lowest BCUT2D eigenvalue weighted by atomic mass is 9.83. The Hall–Kier alpha value is -6.44. The Kier molecular flexibility index (Phi) is 9.43. The van der Waals surface area contributed by atoms with E-state index in [0.29, 0.717) is 22.3 Å². The van der Waals surface area contributed by atoms with Crippen molar-refractivity contribution in [1.29, 1.82) is 0 Å². The Morgan fingerprint density at radius 3 is 0.721 bits per heavy atom. The zero-order chi connectivity index (χ0) is 48.5. The first-order valence-corrected chi connectivity index (χ1v) is 23.1. The van der Waals surface area contributed by atoms with Gasteiger partial charge in [0, 0.05) is 21.5 Å². The van der Waals surface area contributed by atoms with E-state index < -0.39 is 58.1 Å².